The second-order valence-corrected chi connectivity index (χ2v) is 5.54. The molecule has 0 aliphatic carbocycles. The van der Waals surface area contributed by atoms with E-state index in [0.29, 0.717) is 0 Å². The van der Waals surface area contributed by atoms with Gasteiger partial charge in [-0.25, -0.2) is 14.8 Å². The Morgan fingerprint density at radius 1 is 1.32 bits per heavy atom. The summed E-state index contributed by atoms with van der Waals surface area (Å²) in [7, 11) is 0. The van der Waals surface area contributed by atoms with Gasteiger partial charge in [0, 0.05) is 18.1 Å². The smallest absolute Gasteiger partial charge is 0.354 e. The van der Waals surface area contributed by atoms with Crippen molar-refractivity contribution in [3.05, 3.63) is 53.4 Å². The van der Waals surface area contributed by atoms with E-state index in [2.05, 4.69) is 26.3 Å². The third-order valence-corrected chi connectivity index (χ3v) is 3.75. The third-order valence-electron chi connectivity index (χ3n) is 2.93. The number of benzene rings is 1. The molecule has 7 heteroatoms. The molecule has 0 unspecified atom stereocenters. The van der Waals surface area contributed by atoms with Gasteiger partial charge in [-0.3, -0.25) is 4.98 Å². The number of nitrogens with zero attached hydrogens (tertiary/aromatic N) is 3. The Balaban J connectivity index is 1.92. The lowest BCUT2D eigenvalue weighted by atomic mass is 10.1. The molecule has 0 bridgehead atoms. The molecule has 2 aromatic heterocycles. The van der Waals surface area contributed by atoms with Crippen molar-refractivity contribution >= 4 is 28.9 Å². The van der Waals surface area contributed by atoms with E-state index in [4.69, 9.17) is 5.11 Å². The van der Waals surface area contributed by atoms with Gasteiger partial charge in [-0.1, -0.05) is 6.07 Å². The maximum absolute atomic E-state index is 10.9. The maximum Gasteiger partial charge on any atom is 0.354 e. The second-order valence-electron chi connectivity index (χ2n) is 4.65. The van der Waals surface area contributed by atoms with Crippen LogP contribution >= 0.6 is 11.3 Å². The summed E-state index contributed by atoms with van der Waals surface area (Å²) in [4.78, 5) is 24.1. The van der Waals surface area contributed by atoms with Gasteiger partial charge in [0.25, 0.3) is 0 Å². The third kappa shape index (κ3) is 3.09. The van der Waals surface area contributed by atoms with E-state index in [0.717, 1.165) is 21.7 Å². The van der Waals surface area contributed by atoms with E-state index in [1.165, 1.54) is 12.3 Å². The molecule has 6 nitrogen and oxygen atoms in total. The molecule has 0 aliphatic heterocycles. The number of carbonyl (C=O) groups is 1. The van der Waals surface area contributed by atoms with E-state index in [1.54, 1.807) is 16.8 Å². The number of anilines is 2. The highest BCUT2D eigenvalue weighted by atomic mass is 32.1. The van der Waals surface area contributed by atoms with Gasteiger partial charge >= 0.3 is 5.97 Å². The zero-order valence-corrected chi connectivity index (χ0v) is 12.5. The molecule has 2 heterocycles. The highest BCUT2D eigenvalue weighted by molar-refractivity contribution is 7.13. The Labute approximate surface area is 130 Å². The van der Waals surface area contributed by atoms with Crippen molar-refractivity contribution in [2.75, 3.05) is 5.32 Å². The normalized spacial score (nSPS) is 10.4. The number of aryl methyl sites for hydroxylation is 1. The summed E-state index contributed by atoms with van der Waals surface area (Å²) in [6.07, 6.45) is 3.23. The zero-order chi connectivity index (χ0) is 15.5. The molecule has 0 atom stereocenters. The average Bonchev–Trinajstić information content (AvgIpc) is 3.01. The van der Waals surface area contributed by atoms with Crippen LogP contribution in [0, 0.1) is 6.92 Å². The van der Waals surface area contributed by atoms with Gasteiger partial charge in [0.1, 0.15) is 0 Å². The van der Waals surface area contributed by atoms with Crippen LogP contribution in [0.15, 0.2) is 42.2 Å². The molecular weight excluding hydrogens is 300 g/mol. The van der Waals surface area contributed by atoms with Crippen LogP contribution in [0.4, 0.5) is 11.6 Å². The van der Waals surface area contributed by atoms with E-state index in [9.17, 15) is 4.79 Å². The summed E-state index contributed by atoms with van der Waals surface area (Å²) < 4.78 is 0. The summed E-state index contributed by atoms with van der Waals surface area (Å²) in [5, 5.41) is 12.0. The zero-order valence-electron chi connectivity index (χ0n) is 11.6. The molecule has 0 saturated heterocycles. The molecule has 0 fully saturated rings. The summed E-state index contributed by atoms with van der Waals surface area (Å²) in [6, 6.07) is 7.32. The van der Waals surface area contributed by atoms with E-state index >= 15 is 0 Å². The Bertz CT molecular complexity index is 818. The van der Waals surface area contributed by atoms with Gasteiger partial charge in [-0.15, -0.1) is 11.3 Å². The fraction of sp³-hybridized carbons (Fsp3) is 0.0667. The number of hydrogen-bond acceptors (Lipinski definition) is 6. The Kier molecular flexibility index (Phi) is 3.80. The van der Waals surface area contributed by atoms with Crippen molar-refractivity contribution in [1.29, 1.82) is 0 Å². The standard InChI is InChI=1S/C15H12N4O2S/c1-9-4-10(13-7-16-8-22-13)6-11(5-9)18-15-17-3-2-12(19-15)14(20)21/h2-8H,1H3,(H,20,21)(H,17,18,19). The van der Waals surface area contributed by atoms with Crippen LogP contribution in [0.5, 0.6) is 0 Å². The number of nitrogens with one attached hydrogen (secondary N) is 1. The first kappa shape index (κ1) is 14.2. The van der Waals surface area contributed by atoms with Crippen molar-refractivity contribution in [3.63, 3.8) is 0 Å². The molecular formula is C15H12N4O2S. The Hall–Kier alpha value is -2.80. The quantitative estimate of drug-likeness (QED) is 0.768. The molecule has 2 N–H and O–H groups in total. The van der Waals surface area contributed by atoms with Crippen molar-refractivity contribution in [2.45, 2.75) is 6.92 Å². The molecule has 0 saturated carbocycles. The molecule has 0 amide bonds. The van der Waals surface area contributed by atoms with E-state index < -0.39 is 5.97 Å². The number of aromatic nitrogens is 3. The number of carboxylic acids is 1. The highest BCUT2D eigenvalue weighted by Crippen LogP contribution is 2.28. The number of aromatic carboxylic acids is 1. The van der Waals surface area contributed by atoms with E-state index in [-0.39, 0.29) is 11.6 Å². The van der Waals surface area contributed by atoms with E-state index in [1.807, 2.05) is 25.3 Å². The van der Waals surface area contributed by atoms with Gasteiger partial charge in [0.05, 0.1) is 10.4 Å². The van der Waals surface area contributed by atoms with Crippen LogP contribution in [-0.2, 0) is 0 Å². The van der Waals surface area contributed by atoms with Crippen LogP contribution < -0.4 is 5.32 Å². The van der Waals surface area contributed by atoms with Crippen LogP contribution in [0.1, 0.15) is 16.1 Å². The SMILES string of the molecule is Cc1cc(Nc2nccc(C(=O)O)n2)cc(-c2cncs2)c1. The maximum atomic E-state index is 10.9. The molecule has 22 heavy (non-hydrogen) atoms. The second kappa shape index (κ2) is 5.90. The van der Waals surface area contributed by atoms with Crippen LogP contribution in [0.2, 0.25) is 0 Å². The summed E-state index contributed by atoms with van der Waals surface area (Å²) in [6.45, 7) is 1.99. The van der Waals surface area contributed by atoms with Gasteiger partial charge < -0.3 is 10.4 Å². The molecule has 0 spiro atoms. The Morgan fingerprint density at radius 3 is 2.91 bits per heavy atom. The van der Waals surface area contributed by atoms with Crippen molar-refractivity contribution in [3.8, 4) is 10.4 Å². The predicted octanol–water partition coefficient (Wildman–Crippen LogP) is 3.35. The number of hydrogen-bond donors (Lipinski definition) is 2. The van der Waals surface area contributed by atoms with Crippen molar-refractivity contribution < 1.29 is 9.90 Å². The van der Waals surface area contributed by atoms with Gasteiger partial charge in [-0.05, 0) is 36.2 Å². The minimum atomic E-state index is -1.08. The molecule has 1 aromatic carbocycles. The molecule has 3 aromatic rings. The number of carboxylic acid groups (broad SMARTS) is 1. The first-order valence-corrected chi connectivity index (χ1v) is 7.34. The average molecular weight is 312 g/mol. The number of thiazole rings is 1. The van der Waals surface area contributed by atoms with Crippen molar-refractivity contribution in [1.82, 2.24) is 15.0 Å². The fourth-order valence-corrected chi connectivity index (χ4v) is 2.63. The molecule has 3 rings (SSSR count). The van der Waals surface area contributed by atoms with Crippen molar-refractivity contribution in [2.24, 2.45) is 0 Å². The monoisotopic (exact) mass is 312 g/mol. The predicted molar refractivity (Wildman–Crippen MR) is 84.6 cm³/mol. The minimum Gasteiger partial charge on any atom is -0.477 e. The van der Waals surface area contributed by atoms with Gasteiger partial charge in [0.2, 0.25) is 5.95 Å². The molecule has 0 aliphatic rings. The lowest BCUT2D eigenvalue weighted by molar-refractivity contribution is 0.0690. The number of rotatable bonds is 4. The summed E-state index contributed by atoms with van der Waals surface area (Å²) in [5.41, 5.74) is 4.64. The van der Waals surface area contributed by atoms with Crippen LogP contribution in [0.25, 0.3) is 10.4 Å². The van der Waals surface area contributed by atoms with Crippen LogP contribution in [0.3, 0.4) is 0 Å². The topological polar surface area (TPSA) is 88.0 Å². The van der Waals surface area contributed by atoms with Crippen LogP contribution in [-0.4, -0.2) is 26.0 Å². The lowest BCUT2D eigenvalue weighted by Crippen LogP contribution is -2.04. The van der Waals surface area contributed by atoms with Gasteiger partial charge in [-0.2, -0.15) is 0 Å². The Morgan fingerprint density at radius 2 is 2.18 bits per heavy atom. The first-order chi connectivity index (χ1) is 10.6. The lowest BCUT2D eigenvalue weighted by Gasteiger charge is -2.08. The minimum absolute atomic E-state index is 0.0483. The fourth-order valence-electron chi connectivity index (χ4n) is 2.02. The molecule has 0 radical (unpaired) electrons. The first-order valence-electron chi connectivity index (χ1n) is 6.46. The molecule has 110 valence electrons. The van der Waals surface area contributed by atoms with Gasteiger partial charge in [0.15, 0.2) is 5.69 Å². The highest BCUT2D eigenvalue weighted by Gasteiger charge is 2.08. The summed E-state index contributed by atoms with van der Waals surface area (Å²) >= 11 is 1.56. The largest absolute Gasteiger partial charge is 0.477 e. The summed E-state index contributed by atoms with van der Waals surface area (Å²) in [5.74, 6) is -0.833.